The lowest BCUT2D eigenvalue weighted by atomic mass is 9.85. The minimum Gasteiger partial charge on any atom is -0.297 e. The second-order valence-corrected chi connectivity index (χ2v) is 4.84. The molecule has 0 aromatic heterocycles. The molecule has 1 atom stereocenters. The van der Waals surface area contributed by atoms with Crippen LogP contribution in [0.3, 0.4) is 0 Å². The van der Waals surface area contributed by atoms with Crippen molar-refractivity contribution in [3.63, 3.8) is 0 Å². The second kappa shape index (κ2) is 4.43. The number of carbonyl (C=O) groups is 1. The van der Waals surface area contributed by atoms with Crippen molar-refractivity contribution in [3.05, 3.63) is 0 Å². The summed E-state index contributed by atoms with van der Waals surface area (Å²) in [7, 11) is 0. The van der Waals surface area contributed by atoms with Crippen molar-refractivity contribution in [1.82, 2.24) is 4.90 Å². The number of ketones is 1. The quantitative estimate of drug-likeness (QED) is 0.690. The van der Waals surface area contributed by atoms with E-state index in [0.717, 1.165) is 19.5 Å². The fourth-order valence-corrected chi connectivity index (χ4v) is 2.39. The summed E-state index contributed by atoms with van der Waals surface area (Å²) < 4.78 is 0. The molecule has 0 N–H and O–H groups in total. The molecule has 0 aliphatic carbocycles. The fourth-order valence-electron chi connectivity index (χ4n) is 2.39. The Morgan fingerprint density at radius 2 is 1.86 bits per heavy atom. The van der Waals surface area contributed by atoms with Gasteiger partial charge in [-0.05, 0) is 39.3 Å². The molecule has 0 spiro atoms. The summed E-state index contributed by atoms with van der Waals surface area (Å²) in [5.41, 5.74) is -0.204. The van der Waals surface area contributed by atoms with Crippen LogP contribution in [0.15, 0.2) is 0 Å². The smallest absolute Gasteiger partial charge is 0.155 e. The maximum absolute atomic E-state index is 12.1. The predicted octanol–water partition coefficient (Wildman–Crippen LogP) is 2.48. The van der Waals surface area contributed by atoms with Crippen LogP contribution in [0.2, 0.25) is 0 Å². The van der Waals surface area contributed by atoms with Gasteiger partial charge in [0.1, 0.15) is 0 Å². The Morgan fingerprint density at radius 3 is 2.21 bits per heavy atom. The van der Waals surface area contributed by atoms with E-state index in [9.17, 15) is 4.79 Å². The molecule has 1 fully saturated rings. The Labute approximate surface area is 87.7 Å². The van der Waals surface area contributed by atoms with Crippen LogP contribution < -0.4 is 0 Å². The molecule has 14 heavy (non-hydrogen) atoms. The van der Waals surface area contributed by atoms with Crippen molar-refractivity contribution in [2.45, 2.75) is 52.5 Å². The first-order valence-electron chi connectivity index (χ1n) is 5.81. The molecule has 1 unspecified atom stereocenters. The van der Waals surface area contributed by atoms with E-state index < -0.39 is 0 Å². The van der Waals surface area contributed by atoms with E-state index in [1.54, 1.807) is 0 Å². The van der Waals surface area contributed by atoms with Gasteiger partial charge in [0.05, 0.1) is 5.54 Å². The molecule has 0 bridgehead atoms. The Morgan fingerprint density at radius 1 is 1.36 bits per heavy atom. The van der Waals surface area contributed by atoms with Crippen LogP contribution in [0.5, 0.6) is 0 Å². The van der Waals surface area contributed by atoms with Crippen molar-refractivity contribution in [3.8, 4) is 0 Å². The molecule has 1 saturated heterocycles. The van der Waals surface area contributed by atoms with E-state index in [1.165, 1.54) is 12.8 Å². The summed E-state index contributed by atoms with van der Waals surface area (Å²) >= 11 is 0. The van der Waals surface area contributed by atoms with Crippen molar-refractivity contribution >= 4 is 5.78 Å². The van der Waals surface area contributed by atoms with Gasteiger partial charge < -0.3 is 0 Å². The first-order valence-corrected chi connectivity index (χ1v) is 5.81. The summed E-state index contributed by atoms with van der Waals surface area (Å²) in [6.07, 6.45) is 3.44. The van der Waals surface area contributed by atoms with Gasteiger partial charge in [-0.2, -0.15) is 0 Å². The van der Waals surface area contributed by atoms with Gasteiger partial charge in [-0.1, -0.05) is 20.8 Å². The minimum absolute atomic E-state index is 0.153. The zero-order chi connectivity index (χ0) is 10.8. The Hall–Kier alpha value is -0.370. The standard InChI is InChI=1S/C12H23NO/c1-5-12(4,11(14)10(2)3)13-8-6-7-9-13/h10H,5-9H2,1-4H3. The van der Waals surface area contributed by atoms with Gasteiger partial charge in [0.15, 0.2) is 5.78 Å². The highest BCUT2D eigenvalue weighted by molar-refractivity contribution is 5.89. The summed E-state index contributed by atoms with van der Waals surface area (Å²) in [4.78, 5) is 14.5. The molecule has 1 heterocycles. The highest BCUT2D eigenvalue weighted by Gasteiger charge is 2.39. The molecule has 0 aromatic carbocycles. The van der Waals surface area contributed by atoms with E-state index in [0.29, 0.717) is 5.78 Å². The average Bonchev–Trinajstić information content (AvgIpc) is 2.68. The van der Waals surface area contributed by atoms with Gasteiger partial charge in [-0.15, -0.1) is 0 Å². The maximum Gasteiger partial charge on any atom is 0.155 e. The van der Waals surface area contributed by atoms with E-state index in [1.807, 2.05) is 13.8 Å². The normalized spacial score (nSPS) is 22.6. The number of Topliss-reactive ketones (excluding diaryl/α,β-unsaturated/α-hetero) is 1. The minimum atomic E-state index is -0.204. The molecular formula is C12H23NO. The van der Waals surface area contributed by atoms with Crippen LogP contribution in [0.4, 0.5) is 0 Å². The Kier molecular flexibility index (Phi) is 3.71. The van der Waals surface area contributed by atoms with Gasteiger partial charge in [-0.3, -0.25) is 9.69 Å². The largest absolute Gasteiger partial charge is 0.297 e. The fraction of sp³-hybridized carbons (Fsp3) is 0.917. The molecule has 0 amide bonds. The summed E-state index contributed by atoms with van der Waals surface area (Å²) in [6, 6.07) is 0. The van der Waals surface area contributed by atoms with Crippen LogP contribution in [0.1, 0.15) is 47.0 Å². The number of hydrogen-bond acceptors (Lipinski definition) is 2. The zero-order valence-corrected chi connectivity index (χ0v) is 9.97. The first kappa shape index (κ1) is 11.7. The van der Waals surface area contributed by atoms with Gasteiger partial charge in [0.25, 0.3) is 0 Å². The summed E-state index contributed by atoms with van der Waals surface area (Å²) in [5.74, 6) is 0.558. The van der Waals surface area contributed by atoms with Gasteiger partial charge in [-0.25, -0.2) is 0 Å². The number of rotatable bonds is 4. The SMILES string of the molecule is CCC(C)(C(=O)C(C)C)N1CCCC1. The third-order valence-corrected chi connectivity index (χ3v) is 3.55. The Bertz CT molecular complexity index is 206. The van der Waals surface area contributed by atoms with Crippen LogP contribution in [0.25, 0.3) is 0 Å². The number of likely N-dealkylation sites (tertiary alicyclic amines) is 1. The van der Waals surface area contributed by atoms with Gasteiger partial charge in [0.2, 0.25) is 0 Å². The number of carbonyl (C=O) groups excluding carboxylic acids is 1. The van der Waals surface area contributed by atoms with Crippen LogP contribution >= 0.6 is 0 Å². The maximum atomic E-state index is 12.1. The molecule has 2 nitrogen and oxygen atoms in total. The van der Waals surface area contributed by atoms with Crippen molar-refractivity contribution < 1.29 is 4.79 Å². The monoisotopic (exact) mass is 197 g/mol. The number of nitrogens with zero attached hydrogens (tertiary/aromatic N) is 1. The topological polar surface area (TPSA) is 20.3 Å². The van der Waals surface area contributed by atoms with Crippen LogP contribution in [0, 0.1) is 5.92 Å². The lowest BCUT2D eigenvalue weighted by molar-refractivity contribution is -0.133. The molecule has 0 aromatic rings. The van der Waals surface area contributed by atoms with Crippen molar-refractivity contribution in [2.24, 2.45) is 5.92 Å². The highest BCUT2D eigenvalue weighted by Crippen LogP contribution is 2.27. The van der Waals surface area contributed by atoms with Gasteiger partial charge >= 0.3 is 0 Å². The summed E-state index contributed by atoms with van der Waals surface area (Å²) in [6.45, 7) is 10.4. The first-order chi connectivity index (χ1) is 6.52. The van der Waals surface area contributed by atoms with Crippen molar-refractivity contribution in [1.29, 1.82) is 0 Å². The molecule has 0 radical (unpaired) electrons. The molecule has 2 heteroatoms. The van der Waals surface area contributed by atoms with Gasteiger partial charge in [0, 0.05) is 5.92 Å². The lowest BCUT2D eigenvalue weighted by Crippen LogP contribution is -2.52. The molecule has 0 saturated carbocycles. The molecular weight excluding hydrogens is 174 g/mol. The highest BCUT2D eigenvalue weighted by atomic mass is 16.1. The second-order valence-electron chi connectivity index (χ2n) is 4.84. The molecule has 1 aliphatic heterocycles. The van der Waals surface area contributed by atoms with Crippen molar-refractivity contribution in [2.75, 3.05) is 13.1 Å². The molecule has 82 valence electrons. The number of hydrogen-bond donors (Lipinski definition) is 0. The van der Waals surface area contributed by atoms with E-state index >= 15 is 0 Å². The third-order valence-electron chi connectivity index (χ3n) is 3.55. The predicted molar refractivity (Wildman–Crippen MR) is 59.3 cm³/mol. The summed E-state index contributed by atoms with van der Waals surface area (Å²) in [5, 5.41) is 0. The third kappa shape index (κ3) is 2.00. The lowest BCUT2D eigenvalue weighted by Gasteiger charge is -2.37. The average molecular weight is 197 g/mol. The Balaban J connectivity index is 2.78. The molecule has 1 rings (SSSR count). The van der Waals surface area contributed by atoms with Crippen LogP contribution in [-0.2, 0) is 4.79 Å². The van der Waals surface area contributed by atoms with Crippen LogP contribution in [-0.4, -0.2) is 29.3 Å². The van der Waals surface area contributed by atoms with E-state index in [4.69, 9.17) is 0 Å². The molecule has 1 aliphatic rings. The zero-order valence-electron chi connectivity index (χ0n) is 9.97. The van der Waals surface area contributed by atoms with E-state index in [-0.39, 0.29) is 11.5 Å². The van der Waals surface area contributed by atoms with E-state index in [2.05, 4.69) is 18.7 Å².